The summed E-state index contributed by atoms with van der Waals surface area (Å²) in [4.78, 5) is 2.36. The van der Waals surface area contributed by atoms with Crippen molar-refractivity contribution >= 4 is 81.3 Å². The molecular formula is C52H33NOS. The van der Waals surface area contributed by atoms with E-state index < -0.39 is 0 Å². The van der Waals surface area contributed by atoms with E-state index in [0.717, 1.165) is 44.6 Å². The zero-order valence-corrected chi connectivity index (χ0v) is 30.6. The van der Waals surface area contributed by atoms with Crippen LogP contribution in [0.1, 0.15) is 0 Å². The van der Waals surface area contributed by atoms with Crippen LogP contribution in [0.4, 0.5) is 17.1 Å². The molecule has 0 N–H and O–H groups in total. The normalized spacial score (nSPS) is 11.6. The molecule has 0 radical (unpaired) electrons. The fourth-order valence-electron chi connectivity index (χ4n) is 8.15. The number of furan rings is 1. The van der Waals surface area contributed by atoms with Crippen LogP contribution in [0.5, 0.6) is 0 Å². The van der Waals surface area contributed by atoms with Crippen molar-refractivity contribution in [3.8, 4) is 33.4 Å². The summed E-state index contributed by atoms with van der Waals surface area (Å²) in [5.74, 6) is 0. The summed E-state index contributed by atoms with van der Waals surface area (Å²) < 4.78 is 8.88. The fraction of sp³-hybridized carbons (Fsp3) is 0. The van der Waals surface area contributed by atoms with Crippen molar-refractivity contribution in [2.24, 2.45) is 0 Å². The highest BCUT2D eigenvalue weighted by atomic mass is 32.1. The number of rotatable bonds is 6. The predicted molar refractivity (Wildman–Crippen MR) is 235 cm³/mol. The number of hydrogen-bond acceptors (Lipinski definition) is 3. The van der Waals surface area contributed by atoms with Gasteiger partial charge in [0, 0.05) is 48.0 Å². The van der Waals surface area contributed by atoms with E-state index in [1.165, 1.54) is 58.8 Å². The van der Waals surface area contributed by atoms with Crippen molar-refractivity contribution in [2.45, 2.75) is 0 Å². The van der Waals surface area contributed by atoms with Crippen LogP contribution >= 0.6 is 11.3 Å². The maximum atomic E-state index is 6.23. The lowest BCUT2D eigenvalue weighted by Gasteiger charge is -2.26. The third-order valence-electron chi connectivity index (χ3n) is 10.9. The third kappa shape index (κ3) is 5.48. The van der Waals surface area contributed by atoms with E-state index in [-0.39, 0.29) is 0 Å². The Labute approximate surface area is 322 Å². The molecule has 0 unspecified atom stereocenters. The number of hydrogen-bond donors (Lipinski definition) is 0. The summed E-state index contributed by atoms with van der Waals surface area (Å²) >= 11 is 1.86. The van der Waals surface area contributed by atoms with E-state index >= 15 is 0 Å². The van der Waals surface area contributed by atoms with Gasteiger partial charge in [-0.3, -0.25) is 0 Å². The average molecular weight is 720 g/mol. The van der Waals surface area contributed by atoms with Crippen LogP contribution in [0.25, 0.3) is 86.3 Å². The molecule has 0 saturated heterocycles. The van der Waals surface area contributed by atoms with Crippen LogP contribution in [-0.4, -0.2) is 0 Å². The minimum atomic E-state index is 0.904. The Bertz CT molecular complexity index is 3210. The van der Waals surface area contributed by atoms with Crippen LogP contribution in [-0.2, 0) is 0 Å². The van der Waals surface area contributed by atoms with E-state index in [2.05, 4.69) is 193 Å². The second kappa shape index (κ2) is 12.9. The zero-order chi connectivity index (χ0) is 36.3. The Morgan fingerprint density at radius 2 is 0.964 bits per heavy atom. The van der Waals surface area contributed by atoms with Crippen molar-refractivity contribution < 1.29 is 4.42 Å². The van der Waals surface area contributed by atoms with Crippen molar-refractivity contribution in [3.63, 3.8) is 0 Å². The minimum absolute atomic E-state index is 0.904. The molecule has 0 spiro atoms. The lowest BCUT2D eigenvalue weighted by molar-refractivity contribution is 0.669. The zero-order valence-electron chi connectivity index (χ0n) is 29.8. The maximum absolute atomic E-state index is 6.23. The third-order valence-corrected chi connectivity index (χ3v) is 12.0. The molecular weight excluding hydrogens is 687 g/mol. The van der Waals surface area contributed by atoms with Crippen molar-refractivity contribution in [3.05, 3.63) is 200 Å². The Balaban J connectivity index is 1.01. The lowest BCUT2D eigenvalue weighted by atomic mass is 9.98. The van der Waals surface area contributed by atoms with Gasteiger partial charge in [0.05, 0.1) is 0 Å². The van der Waals surface area contributed by atoms with Crippen LogP contribution in [0, 0.1) is 0 Å². The standard InChI is InChI=1S/C52H33NOS/c1-2-10-37-31-39(20-19-34(37)9-1)38-11-7-12-43(32-38)53(41-26-21-35(22-27-41)40-25-30-51-47(33-40)45-13-4-6-18-50(45)55-51)42-28-23-36(24-29-42)44-15-8-17-49-52(44)46-14-3-5-16-48(46)54-49/h1-33H. The first-order valence-electron chi connectivity index (χ1n) is 18.7. The summed E-state index contributed by atoms with van der Waals surface area (Å²) in [5, 5.41) is 7.40. The first kappa shape index (κ1) is 31.6. The average Bonchev–Trinajstić information content (AvgIpc) is 3.83. The van der Waals surface area contributed by atoms with Crippen LogP contribution in [0.2, 0.25) is 0 Å². The summed E-state index contributed by atoms with van der Waals surface area (Å²) in [5.41, 5.74) is 12.2. The number of fused-ring (bicyclic) bond motifs is 7. The Morgan fingerprint density at radius 1 is 0.345 bits per heavy atom. The molecule has 3 heteroatoms. The maximum Gasteiger partial charge on any atom is 0.136 e. The van der Waals surface area contributed by atoms with Crippen molar-refractivity contribution in [1.82, 2.24) is 0 Å². The molecule has 0 aliphatic rings. The van der Waals surface area contributed by atoms with Gasteiger partial charge in [-0.15, -0.1) is 11.3 Å². The van der Waals surface area contributed by atoms with Gasteiger partial charge in [0.15, 0.2) is 0 Å². The highest BCUT2D eigenvalue weighted by Crippen LogP contribution is 2.42. The van der Waals surface area contributed by atoms with Gasteiger partial charge >= 0.3 is 0 Å². The Hall–Kier alpha value is -6.94. The number of para-hydroxylation sites is 1. The quantitative estimate of drug-likeness (QED) is 0.170. The number of nitrogens with zero attached hydrogens (tertiary/aromatic N) is 1. The SMILES string of the molecule is c1cc(-c2ccc3ccccc3c2)cc(N(c2ccc(-c3ccc4sc5ccccc5c4c3)cc2)c2ccc(-c3cccc4oc5ccccc5c34)cc2)c1. The minimum Gasteiger partial charge on any atom is -0.456 e. The molecule has 0 aliphatic heterocycles. The van der Waals surface area contributed by atoms with Crippen molar-refractivity contribution in [2.75, 3.05) is 4.90 Å². The van der Waals surface area contributed by atoms with Gasteiger partial charge in [-0.05, 0) is 117 Å². The van der Waals surface area contributed by atoms with Gasteiger partial charge in [0.2, 0.25) is 0 Å². The highest BCUT2D eigenvalue weighted by Gasteiger charge is 2.17. The van der Waals surface area contributed by atoms with Gasteiger partial charge < -0.3 is 9.32 Å². The fourth-order valence-corrected chi connectivity index (χ4v) is 9.24. The van der Waals surface area contributed by atoms with E-state index in [0.29, 0.717) is 0 Å². The Morgan fingerprint density at radius 3 is 1.82 bits per heavy atom. The molecule has 11 aromatic rings. The number of benzene rings is 9. The molecule has 0 amide bonds. The van der Waals surface area contributed by atoms with E-state index in [4.69, 9.17) is 4.42 Å². The molecule has 258 valence electrons. The molecule has 2 nitrogen and oxygen atoms in total. The summed E-state index contributed by atoms with van der Waals surface area (Å²) in [7, 11) is 0. The summed E-state index contributed by atoms with van der Waals surface area (Å²) in [6, 6.07) is 72.3. The molecule has 0 atom stereocenters. The van der Waals surface area contributed by atoms with E-state index in [1.807, 2.05) is 23.5 Å². The topological polar surface area (TPSA) is 16.4 Å². The Kier molecular flexibility index (Phi) is 7.39. The van der Waals surface area contributed by atoms with Gasteiger partial charge in [-0.25, -0.2) is 0 Å². The van der Waals surface area contributed by atoms with Gasteiger partial charge in [0.25, 0.3) is 0 Å². The highest BCUT2D eigenvalue weighted by molar-refractivity contribution is 7.25. The van der Waals surface area contributed by atoms with Crippen LogP contribution < -0.4 is 4.90 Å². The molecule has 0 saturated carbocycles. The molecule has 2 heterocycles. The molecule has 55 heavy (non-hydrogen) atoms. The first-order valence-corrected chi connectivity index (χ1v) is 19.5. The molecule has 2 aromatic heterocycles. The second-order valence-corrected chi connectivity index (χ2v) is 15.2. The van der Waals surface area contributed by atoms with Crippen LogP contribution in [0.15, 0.2) is 205 Å². The smallest absolute Gasteiger partial charge is 0.136 e. The summed E-state index contributed by atoms with van der Waals surface area (Å²) in [6.07, 6.45) is 0. The molecule has 0 bridgehead atoms. The van der Waals surface area contributed by atoms with E-state index in [9.17, 15) is 0 Å². The molecule has 11 rings (SSSR count). The molecule has 9 aromatic carbocycles. The largest absolute Gasteiger partial charge is 0.456 e. The lowest BCUT2D eigenvalue weighted by Crippen LogP contribution is -2.10. The second-order valence-electron chi connectivity index (χ2n) is 14.1. The van der Waals surface area contributed by atoms with Crippen LogP contribution in [0.3, 0.4) is 0 Å². The molecule has 0 aliphatic carbocycles. The summed E-state index contributed by atoms with van der Waals surface area (Å²) in [6.45, 7) is 0. The van der Waals surface area contributed by atoms with Gasteiger partial charge in [0.1, 0.15) is 11.2 Å². The monoisotopic (exact) mass is 719 g/mol. The first-order chi connectivity index (χ1) is 27.2. The predicted octanol–water partition coefficient (Wildman–Crippen LogP) is 15.6. The van der Waals surface area contributed by atoms with Gasteiger partial charge in [-0.2, -0.15) is 0 Å². The number of thiophene rings is 1. The number of anilines is 3. The van der Waals surface area contributed by atoms with E-state index in [1.54, 1.807) is 0 Å². The van der Waals surface area contributed by atoms with Gasteiger partial charge in [-0.1, -0.05) is 127 Å². The molecule has 0 fully saturated rings. The van der Waals surface area contributed by atoms with Crippen molar-refractivity contribution in [1.29, 1.82) is 0 Å².